The Balaban J connectivity index is 3.24. The lowest BCUT2D eigenvalue weighted by Gasteiger charge is -2.14. The number of methoxy groups -OCH3 is 1. The number of aryl methyl sites for hydroxylation is 1. The molecule has 15 heavy (non-hydrogen) atoms. The van der Waals surface area contributed by atoms with Crippen molar-refractivity contribution in [3.63, 3.8) is 0 Å². The van der Waals surface area contributed by atoms with Crippen molar-refractivity contribution in [3.8, 4) is 5.75 Å². The van der Waals surface area contributed by atoms with Crippen LogP contribution in [0.15, 0.2) is 24.8 Å². The SMILES string of the molecule is C=CCc1cc(C(C)C)cc(C)c1OC. The molecule has 0 atom stereocenters. The first kappa shape index (κ1) is 11.8. The molecule has 0 aromatic heterocycles. The molecule has 0 unspecified atom stereocenters. The highest BCUT2D eigenvalue weighted by Crippen LogP contribution is 2.28. The molecular weight excluding hydrogens is 184 g/mol. The van der Waals surface area contributed by atoms with Crippen molar-refractivity contribution < 1.29 is 4.74 Å². The molecule has 1 nitrogen and oxygen atoms in total. The highest BCUT2D eigenvalue weighted by molar-refractivity contribution is 5.45. The fourth-order valence-corrected chi connectivity index (χ4v) is 1.81. The van der Waals surface area contributed by atoms with Gasteiger partial charge in [-0.2, -0.15) is 0 Å². The number of hydrogen-bond acceptors (Lipinski definition) is 1. The normalized spacial score (nSPS) is 10.5. The lowest BCUT2D eigenvalue weighted by atomic mass is 9.96. The fraction of sp³-hybridized carbons (Fsp3) is 0.429. The lowest BCUT2D eigenvalue weighted by molar-refractivity contribution is 0.407. The molecule has 0 saturated carbocycles. The van der Waals surface area contributed by atoms with Crippen molar-refractivity contribution in [1.82, 2.24) is 0 Å². The Morgan fingerprint density at radius 2 is 2.07 bits per heavy atom. The summed E-state index contributed by atoms with van der Waals surface area (Å²) in [6, 6.07) is 4.42. The number of rotatable bonds is 4. The third-order valence-electron chi connectivity index (χ3n) is 2.61. The van der Waals surface area contributed by atoms with Gasteiger partial charge in [0.1, 0.15) is 5.75 Å². The van der Waals surface area contributed by atoms with Gasteiger partial charge in [-0.1, -0.05) is 32.1 Å². The Kier molecular flexibility index (Phi) is 3.96. The maximum Gasteiger partial charge on any atom is 0.125 e. The van der Waals surface area contributed by atoms with E-state index in [1.165, 1.54) is 16.7 Å². The van der Waals surface area contributed by atoms with Crippen LogP contribution < -0.4 is 4.74 Å². The van der Waals surface area contributed by atoms with Gasteiger partial charge >= 0.3 is 0 Å². The summed E-state index contributed by atoms with van der Waals surface area (Å²) in [6.45, 7) is 10.3. The van der Waals surface area contributed by atoms with E-state index in [9.17, 15) is 0 Å². The second-order valence-electron chi connectivity index (χ2n) is 4.18. The van der Waals surface area contributed by atoms with Crippen LogP contribution >= 0.6 is 0 Å². The molecule has 0 aliphatic carbocycles. The van der Waals surface area contributed by atoms with Crippen molar-refractivity contribution in [1.29, 1.82) is 0 Å². The van der Waals surface area contributed by atoms with Crippen LogP contribution in [0.2, 0.25) is 0 Å². The molecule has 0 heterocycles. The number of allylic oxidation sites excluding steroid dienone is 1. The second kappa shape index (κ2) is 5.01. The summed E-state index contributed by atoms with van der Waals surface area (Å²) in [4.78, 5) is 0. The van der Waals surface area contributed by atoms with Crippen LogP contribution in [0.25, 0.3) is 0 Å². The first-order valence-electron chi connectivity index (χ1n) is 5.38. The van der Waals surface area contributed by atoms with Gasteiger partial charge in [-0.15, -0.1) is 6.58 Å². The molecule has 82 valence electrons. The average molecular weight is 204 g/mol. The van der Waals surface area contributed by atoms with E-state index in [0.717, 1.165) is 12.2 Å². The number of ether oxygens (including phenoxy) is 1. The van der Waals surface area contributed by atoms with Crippen LogP contribution in [0, 0.1) is 6.92 Å². The lowest BCUT2D eigenvalue weighted by Crippen LogP contribution is -1.98. The van der Waals surface area contributed by atoms with E-state index < -0.39 is 0 Å². The summed E-state index contributed by atoms with van der Waals surface area (Å²) in [5.74, 6) is 1.55. The average Bonchev–Trinajstić information content (AvgIpc) is 2.17. The molecule has 0 bridgehead atoms. The van der Waals surface area contributed by atoms with Gasteiger partial charge in [0, 0.05) is 0 Å². The molecule has 1 aromatic rings. The van der Waals surface area contributed by atoms with Gasteiger partial charge < -0.3 is 4.74 Å². The van der Waals surface area contributed by atoms with Crippen molar-refractivity contribution in [2.24, 2.45) is 0 Å². The third-order valence-corrected chi connectivity index (χ3v) is 2.61. The van der Waals surface area contributed by atoms with Crippen LogP contribution in [0.1, 0.15) is 36.5 Å². The second-order valence-corrected chi connectivity index (χ2v) is 4.18. The summed E-state index contributed by atoms with van der Waals surface area (Å²) in [7, 11) is 1.73. The van der Waals surface area contributed by atoms with Gasteiger partial charge in [-0.3, -0.25) is 0 Å². The van der Waals surface area contributed by atoms with Gasteiger partial charge in [-0.05, 0) is 36.0 Å². The zero-order valence-corrected chi connectivity index (χ0v) is 10.1. The molecule has 0 radical (unpaired) electrons. The summed E-state index contributed by atoms with van der Waals surface area (Å²) in [5.41, 5.74) is 3.81. The molecule has 1 heteroatoms. The molecule has 0 aliphatic heterocycles. The topological polar surface area (TPSA) is 9.23 Å². The van der Waals surface area contributed by atoms with Crippen LogP contribution in [0.4, 0.5) is 0 Å². The maximum absolute atomic E-state index is 5.42. The largest absolute Gasteiger partial charge is 0.496 e. The van der Waals surface area contributed by atoms with E-state index in [4.69, 9.17) is 4.74 Å². The standard InChI is InChI=1S/C14H20O/c1-6-7-12-9-13(10(2)3)8-11(4)14(12)15-5/h6,8-10H,1,7H2,2-5H3. The summed E-state index contributed by atoms with van der Waals surface area (Å²) < 4.78 is 5.42. The molecular formula is C14H20O. The predicted octanol–water partition coefficient (Wildman–Crippen LogP) is 3.86. The van der Waals surface area contributed by atoms with Gasteiger partial charge in [0.15, 0.2) is 0 Å². The summed E-state index contributed by atoms with van der Waals surface area (Å²) >= 11 is 0. The minimum atomic E-state index is 0.554. The number of hydrogen-bond donors (Lipinski definition) is 0. The van der Waals surface area contributed by atoms with Crippen molar-refractivity contribution in [2.45, 2.75) is 33.1 Å². The van der Waals surface area contributed by atoms with Gasteiger partial charge in [0.2, 0.25) is 0 Å². The smallest absolute Gasteiger partial charge is 0.125 e. The van der Waals surface area contributed by atoms with Gasteiger partial charge in [-0.25, -0.2) is 0 Å². The van der Waals surface area contributed by atoms with Crippen molar-refractivity contribution >= 4 is 0 Å². The van der Waals surface area contributed by atoms with E-state index in [-0.39, 0.29) is 0 Å². The van der Waals surface area contributed by atoms with E-state index in [2.05, 4.69) is 39.5 Å². The third kappa shape index (κ3) is 2.62. The van der Waals surface area contributed by atoms with Gasteiger partial charge in [0.05, 0.1) is 7.11 Å². The Labute approximate surface area is 92.8 Å². The maximum atomic E-state index is 5.42. The first-order chi connectivity index (χ1) is 7.10. The summed E-state index contributed by atoms with van der Waals surface area (Å²) in [5, 5.41) is 0. The fourth-order valence-electron chi connectivity index (χ4n) is 1.81. The van der Waals surface area contributed by atoms with E-state index in [1.54, 1.807) is 7.11 Å². The Morgan fingerprint density at radius 3 is 2.53 bits per heavy atom. The molecule has 0 spiro atoms. The molecule has 0 aliphatic rings. The predicted molar refractivity (Wildman–Crippen MR) is 65.7 cm³/mol. The Bertz CT molecular complexity index is 351. The molecule has 0 amide bonds. The Hall–Kier alpha value is -1.24. The molecule has 0 N–H and O–H groups in total. The molecule has 0 fully saturated rings. The zero-order valence-electron chi connectivity index (χ0n) is 10.1. The van der Waals surface area contributed by atoms with Gasteiger partial charge in [0.25, 0.3) is 0 Å². The quantitative estimate of drug-likeness (QED) is 0.677. The van der Waals surface area contributed by atoms with Crippen LogP contribution in [-0.2, 0) is 6.42 Å². The van der Waals surface area contributed by atoms with E-state index >= 15 is 0 Å². The van der Waals surface area contributed by atoms with E-state index in [1.807, 2.05) is 6.08 Å². The monoisotopic (exact) mass is 204 g/mol. The highest BCUT2D eigenvalue weighted by atomic mass is 16.5. The number of benzene rings is 1. The van der Waals surface area contributed by atoms with Crippen LogP contribution in [0.3, 0.4) is 0 Å². The minimum Gasteiger partial charge on any atom is -0.496 e. The van der Waals surface area contributed by atoms with Crippen molar-refractivity contribution in [2.75, 3.05) is 7.11 Å². The molecule has 1 rings (SSSR count). The van der Waals surface area contributed by atoms with E-state index in [0.29, 0.717) is 5.92 Å². The van der Waals surface area contributed by atoms with Crippen LogP contribution in [0.5, 0.6) is 5.75 Å². The first-order valence-corrected chi connectivity index (χ1v) is 5.38. The highest BCUT2D eigenvalue weighted by Gasteiger charge is 2.09. The minimum absolute atomic E-state index is 0.554. The van der Waals surface area contributed by atoms with Crippen molar-refractivity contribution in [3.05, 3.63) is 41.5 Å². The van der Waals surface area contributed by atoms with Crippen LogP contribution in [-0.4, -0.2) is 7.11 Å². The molecule has 1 aromatic carbocycles. The molecule has 0 saturated heterocycles. The zero-order chi connectivity index (χ0) is 11.4. The Morgan fingerprint density at radius 1 is 1.40 bits per heavy atom. The summed E-state index contributed by atoms with van der Waals surface area (Å²) in [6.07, 6.45) is 2.78.